The molecular weight excluding hydrogens is 244 g/mol. The molecule has 0 saturated heterocycles. The van der Waals surface area contributed by atoms with Crippen LogP contribution in [0.1, 0.15) is 20.8 Å². The monoisotopic (exact) mass is 266 g/mol. The van der Waals surface area contributed by atoms with E-state index in [0.717, 1.165) is 6.92 Å². The van der Waals surface area contributed by atoms with Crippen molar-refractivity contribution in [2.75, 3.05) is 20.6 Å². The molecule has 0 saturated carbocycles. The van der Waals surface area contributed by atoms with Gasteiger partial charge in [-0.25, -0.2) is 13.1 Å². The molecule has 0 aromatic carbocycles. The van der Waals surface area contributed by atoms with Gasteiger partial charge in [-0.3, -0.25) is 4.79 Å². The number of nitrogens with one attached hydrogen (secondary N) is 1. The van der Waals surface area contributed by atoms with Crippen molar-refractivity contribution in [3.8, 4) is 0 Å². The van der Waals surface area contributed by atoms with Crippen LogP contribution in [-0.2, 0) is 14.8 Å². The van der Waals surface area contributed by atoms with Crippen molar-refractivity contribution in [2.45, 2.75) is 32.1 Å². The SMILES string of the molecule is CC(C)C(CN(C)C)NS(=O)(=O)C(C)C(=O)O. The van der Waals surface area contributed by atoms with Gasteiger partial charge in [0.2, 0.25) is 10.0 Å². The molecule has 0 rings (SSSR count). The number of carboxylic acids is 1. The number of carbonyl (C=O) groups is 1. The van der Waals surface area contributed by atoms with E-state index in [1.54, 1.807) is 0 Å². The lowest BCUT2D eigenvalue weighted by atomic mass is 10.1. The van der Waals surface area contributed by atoms with E-state index in [0.29, 0.717) is 6.54 Å². The van der Waals surface area contributed by atoms with Crippen LogP contribution in [0, 0.1) is 5.92 Å². The van der Waals surface area contributed by atoms with E-state index in [4.69, 9.17) is 5.11 Å². The molecule has 7 heteroatoms. The van der Waals surface area contributed by atoms with Crippen LogP contribution in [0.25, 0.3) is 0 Å². The molecule has 2 N–H and O–H groups in total. The van der Waals surface area contributed by atoms with Crippen LogP contribution in [0.2, 0.25) is 0 Å². The Morgan fingerprint density at radius 2 is 1.76 bits per heavy atom. The summed E-state index contributed by atoms with van der Waals surface area (Å²) < 4.78 is 26.0. The van der Waals surface area contributed by atoms with Gasteiger partial charge < -0.3 is 10.0 Å². The van der Waals surface area contributed by atoms with Crippen molar-refractivity contribution in [1.29, 1.82) is 0 Å². The molecule has 0 spiro atoms. The van der Waals surface area contributed by atoms with Gasteiger partial charge in [-0.1, -0.05) is 13.8 Å². The average molecular weight is 266 g/mol. The van der Waals surface area contributed by atoms with Crippen molar-refractivity contribution < 1.29 is 18.3 Å². The summed E-state index contributed by atoms with van der Waals surface area (Å²) >= 11 is 0. The van der Waals surface area contributed by atoms with Crippen LogP contribution in [0.15, 0.2) is 0 Å². The number of hydrogen-bond acceptors (Lipinski definition) is 4. The van der Waals surface area contributed by atoms with Gasteiger partial charge in [-0.05, 0) is 26.9 Å². The highest BCUT2D eigenvalue weighted by Gasteiger charge is 2.30. The lowest BCUT2D eigenvalue weighted by Crippen LogP contribution is -2.49. The van der Waals surface area contributed by atoms with Gasteiger partial charge in [0.25, 0.3) is 0 Å². The number of aliphatic carboxylic acids is 1. The zero-order valence-electron chi connectivity index (χ0n) is 11.0. The van der Waals surface area contributed by atoms with Gasteiger partial charge in [-0.2, -0.15) is 0 Å². The van der Waals surface area contributed by atoms with Gasteiger partial charge in [0.05, 0.1) is 0 Å². The van der Waals surface area contributed by atoms with Crippen molar-refractivity contribution in [2.24, 2.45) is 5.92 Å². The highest BCUT2D eigenvalue weighted by atomic mass is 32.2. The molecule has 0 heterocycles. The number of rotatable bonds is 7. The van der Waals surface area contributed by atoms with Crippen molar-refractivity contribution in [1.82, 2.24) is 9.62 Å². The molecule has 0 aliphatic carbocycles. The molecule has 0 amide bonds. The second-order valence-corrected chi connectivity index (χ2v) is 6.79. The van der Waals surface area contributed by atoms with Gasteiger partial charge >= 0.3 is 5.97 Å². The quantitative estimate of drug-likeness (QED) is 0.675. The zero-order chi connectivity index (χ0) is 13.8. The summed E-state index contributed by atoms with van der Waals surface area (Å²) in [5.41, 5.74) is 0. The molecule has 6 nitrogen and oxygen atoms in total. The summed E-state index contributed by atoms with van der Waals surface area (Å²) in [7, 11) is -0.150. The smallest absolute Gasteiger partial charge is 0.323 e. The first-order valence-corrected chi connectivity index (χ1v) is 7.01. The molecule has 0 aromatic rings. The molecule has 0 aromatic heterocycles. The Morgan fingerprint density at radius 3 is 2.06 bits per heavy atom. The van der Waals surface area contributed by atoms with Crippen LogP contribution >= 0.6 is 0 Å². The maximum Gasteiger partial charge on any atom is 0.323 e. The maximum absolute atomic E-state index is 11.8. The van der Waals surface area contributed by atoms with E-state index in [1.807, 2.05) is 32.8 Å². The Bertz CT molecular complexity index is 351. The maximum atomic E-state index is 11.8. The van der Waals surface area contributed by atoms with Crippen molar-refractivity contribution >= 4 is 16.0 Å². The first-order chi connectivity index (χ1) is 7.58. The highest BCUT2D eigenvalue weighted by molar-refractivity contribution is 7.90. The van der Waals surface area contributed by atoms with Crippen LogP contribution in [0.5, 0.6) is 0 Å². The predicted octanol–water partition coefficient (Wildman–Crippen LogP) is -0.0349. The molecule has 2 atom stereocenters. The fourth-order valence-electron chi connectivity index (χ4n) is 1.22. The second kappa shape index (κ2) is 6.32. The first-order valence-electron chi connectivity index (χ1n) is 5.46. The Hall–Kier alpha value is -0.660. The normalized spacial score (nSPS) is 16.2. The van der Waals surface area contributed by atoms with Crippen LogP contribution in [0.4, 0.5) is 0 Å². The Labute approximate surface area is 103 Å². The molecule has 0 radical (unpaired) electrons. The Morgan fingerprint density at radius 1 is 1.29 bits per heavy atom. The van der Waals surface area contributed by atoms with Gasteiger partial charge in [-0.15, -0.1) is 0 Å². The third-order valence-electron chi connectivity index (χ3n) is 2.50. The van der Waals surface area contributed by atoms with Gasteiger partial charge in [0.15, 0.2) is 5.25 Å². The molecule has 2 unspecified atom stereocenters. The first kappa shape index (κ1) is 16.3. The number of hydrogen-bond donors (Lipinski definition) is 2. The summed E-state index contributed by atoms with van der Waals surface area (Å²) in [4.78, 5) is 12.5. The highest BCUT2D eigenvalue weighted by Crippen LogP contribution is 2.07. The summed E-state index contributed by atoms with van der Waals surface area (Å²) in [6, 6.07) is -0.295. The van der Waals surface area contributed by atoms with Crippen molar-refractivity contribution in [3.05, 3.63) is 0 Å². The topological polar surface area (TPSA) is 86.7 Å². The Kier molecular flexibility index (Phi) is 6.08. The minimum Gasteiger partial charge on any atom is -0.480 e. The summed E-state index contributed by atoms with van der Waals surface area (Å²) in [6.07, 6.45) is 0. The van der Waals surface area contributed by atoms with E-state index >= 15 is 0 Å². The summed E-state index contributed by atoms with van der Waals surface area (Å²) in [5.74, 6) is -1.25. The number of likely N-dealkylation sites (N-methyl/N-ethyl adjacent to an activating group) is 1. The van der Waals surface area contributed by atoms with Crippen LogP contribution < -0.4 is 4.72 Å². The minimum atomic E-state index is -3.83. The van der Waals surface area contributed by atoms with E-state index in [-0.39, 0.29) is 12.0 Å². The van der Waals surface area contributed by atoms with E-state index < -0.39 is 21.2 Å². The third-order valence-corrected chi connectivity index (χ3v) is 4.26. The molecule has 102 valence electrons. The van der Waals surface area contributed by atoms with Crippen LogP contribution in [-0.4, -0.2) is 56.3 Å². The molecule has 0 aliphatic heterocycles. The van der Waals surface area contributed by atoms with E-state index in [9.17, 15) is 13.2 Å². The Balaban J connectivity index is 4.81. The average Bonchev–Trinajstić information content (AvgIpc) is 2.14. The largest absolute Gasteiger partial charge is 0.480 e. The minimum absolute atomic E-state index is 0.0909. The molecule has 17 heavy (non-hydrogen) atoms. The van der Waals surface area contributed by atoms with Crippen LogP contribution in [0.3, 0.4) is 0 Å². The van der Waals surface area contributed by atoms with Crippen molar-refractivity contribution in [3.63, 3.8) is 0 Å². The zero-order valence-corrected chi connectivity index (χ0v) is 11.8. The second-order valence-electron chi connectivity index (χ2n) is 4.76. The lowest BCUT2D eigenvalue weighted by Gasteiger charge is -2.26. The molecular formula is C10H22N2O4S. The fourth-order valence-corrected chi connectivity index (χ4v) is 2.46. The molecule has 0 aliphatic rings. The molecule has 0 bridgehead atoms. The predicted molar refractivity (Wildman–Crippen MR) is 66.3 cm³/mol. The molecule has 0 fully saturated rings. The van der Waals surface area contributed by atoms with E-state index in [1.165, 1.54) is 0 Å². The summed E-state index contributed by atoms with van der Waals surface area (Å²) in [6.45, 7) is 5.48. The standard InChI is InChI=1S/C10H22N2O4S/c1-7(2)9(6-12(4)5)11-17(15,16)8(3)10(13)14/h7-9,11H,6H2,1-5H3,(H,13,14). The number of nitrogens with zero attached hydrogens (tertiary/aromatic N) is 1. The van der Waals surface area contributed by atoms with Gasteiger partial charge in [0, 0.05) is 12.6 Å². The third kappa shape index (κ3) is 5.47. The number of sulfonamides is 1. The number of carboxylic acid groups (broad SMARTS) is 1. The van der Waals surface area contributed by atoms with Gasteiger partial charge in [0.1, 0.15) is 0 Å². The fraction of sp³-hybridized carbons (Fsp3) is 0.900. The van der Waals surface area contributed by atoms with E-state index in [2.05, 4.69) is 4.72 Å². The summed E-state index contributed by atoms with van der Waals surface area (Å²) in [5, 5.41) is 7.28. The lowest BCUT2D eigenvalue weighted by molar-refractivity contribution is -0.136.